The van der Waals surface area contributed by atoms with Crippen LogP contribution < -0.4 is 5.73 Å². The summed E-state index contributed by atoms with van der Waals surface area (Å²) < 4.78 is 0. The highest BCUT2D eigenvalue weighted by Gasteiger charge is 1.93. The Morgan fingerprint density at radius 2 is 2.30 bits per heavy atom. The molecule has 10 heavy (non-hydrogen) atoms. The minimum absolute atomic E-state index is 0. The average Bonchev–Trinajstić information content (AvgIpc) is 1.89. The first-order chi connectivity index (χ1) is 4.34. The molecule has 0 bridgehead atoms. The van der Waals surface area contributed by atoms with Crippen LogP contribution in [0.4, 0.5) is 0 Å². The molecule has 3 N–H and O–H groups in total. The Morgan fingerprint density at radius 1 is 1.60 bits per heavy atom. The number of hydrogen-bond donors (Lipinski definition) is 2. The van der Waals surface area contributed by atoms with Crippen molar-refractivity contribution in [2.75, 3.05) is 0 Å². The zero-order valence-electron chi connectivity index (χ0n) is 5.32. The molecule has 0 spiro atoms. The molecule has 1 aromatic heterocycles. The summed E-state index contributed by atoms with van der Waals surface area (Å²) >= 11 is 0. The number of nitrogens with two attached hydrogens (primary N) is 1. The number of halogens is 1. The minimum atomic E-state index is 0. The van der Waals surface area contributed by atoms with Gasteiger partial charge >= 0.3 is 0 Å². The second kappa shape index (κ2) is 4.09. The van der Waals surface area contributed by atoms with E-state index in [1.807, 2.05) is 0 Å². The van der Waals surface area contributed by atoms with Crippen LogP contribution in [0.5, 0.6) is 5.75 Å². The van der Waals surface area contributed by atoms with E-state index in [-0.39, 0.29) is 18.2 Å². The van der Waals surface area contributed by atoms with Crippen molar-refractivity contribution < 1.29 is 5.11 Å². The predicted octanol–water partition coefficient (Wildman–Crippen LogP) is 0.668. The van der Waals surface area contributed by atoms with Gasteiger partial charge in [-0.2, -0.15) is 0 Å². The van der Waals surface area contributed by atoms with Gasteiger partial charge < -0.3 is 10.8 Å². The quantitative estimate of drug-likeness (QED) is 0.635. The maximum Gasteiger partial charge on any atom is 0.138 e. The fourth-order valence-corrected chi connectivity index (χ4v) is 0.588. The molecule has 0 amide bonds. The predicted molar refractivity (Wildman–Crippen MR) is 41.0 cm³/mol. The van der Waals surface area contributed by atoms with Crippen LogP contribution in [0.15, 0.2) is 18.5 Å². The molecule has 0 saturated carbocycles. The van der Waals surface area contributed by atoms with Crippen molar-refractivity contribution >= 4 is 12.4 Å². The van der Waals surface area contributed by atoms with Crippen molar-refractivity contribution in [2.45, 2.75) is 6.54 Å². The van der Waals surface area contributed by atoms with Gasteiger partial charge in [0, 0.05) is 18.3 Å². The summed E-state index contributed by atoms with van der Waals surface area (Å²) in [5.41, 5.74) is 5.99. The zero-order chi connectivity index (χ0) is 6.69. The molecule has 0 aliphatic carbocycles. The number of aromatic hydroxyl groups is 1. The first-order valence-corrected chi connectivity index (χ1v) is 2.66. The standard InChI is InChI=1S/C6H8N2O.ClH/c7-3-5-1-2-8-4-6(5)9;/h1-2,4,9H,3,7H2;1H. The molecule has 1 heterocycles. The lowest BCUT2D eigenvalue weighted by Crippen LogP contribution is -1.96. The molecule has 1 rings (SSSR count). The molecule has 0 aliphatic rings. The van der Waals surface area contributed by atoms with E-state index in [0.29, 0.717) is 6.54 Å². The summed E-state index contributed by atoms with van der Waals surface area (Å²) in [5, 5.41) is 8.97. The van der Waals surface area contributed by atoms with Gasteiger partial charge in [0.25, 0.3) is 0 Å². The lowest BCUT2D eigenvalue weighted by molar-refractivity contribution is 0.465. The van der Waals surface area contributed by atoms with Gasteiger partial charge in [-0.1, -0.05) is 0 Å². The minimum Gasteiger partial charge on any atom is -0.506 e. The number of pyridine rings is 1. The average molecular weight is 161 g/mol. The Morgan fingerprint density at radius 3 is 2.70 bits per heavy atom. The second-order valence-corrected chi connectivity index (χ2v) is 1.71. The molecule has 3 nitrogen and oxygen atoms in total. The number of aromatic nitrogens is 1. The highest BCUT2D eigenvalue weighted by atomic mass is 35.5. The van der Waals surface area contributed by atoms with Gasteiger partial charge in [-0.3, -0.25) is 4.98 Å². The van der Waals surface area contributed by atoms with Gasteiger partial charge in [0.15, 0.2) is 0 Å². The molecule has 0 atom stereocenters. The van der Waals surface area contributed by atoms with Crippen molar-refractivity contribution in [3.63, 3.8) is 0 Å². The lowest BCUT2D eigenvalue weighted by Gasteiger charge is -1.96. The van der Waals surface area contributed by atoms with E-state index in [2.05, 4.69) is 4.98 Å². The monoisotopic (exact) mass is 160 g/mol. The van der Waals surface area contributed by atoms with Crippen LogP contribution in [0, 0.1) is 0 Å². The van der Waals surface area contributed by atoms with Crippen molar-refractivity contribution in [3.8, 4) is 5.75 Å². The summed E-state index contributed by atoms with van der Waals surface area (Å²) in [4.78, 5) is 3.69. The molecule has 4 heteroatoms. The smallest absolute Gasteiger partial charge is 0.138 e. The van der Waals surface area contributed by atoms with Crippen LogP contribution >= 0.6 is 12.4 Å². The maximum atomic E-state index is 8.97. The Kier molecular flexibility index (Phi) is 3.76. The Labute approximate surface area is 65.3 Å². The third-order valence-electron chi connectivity index (χ3n) is 1.11. The van der Waals surface area contributed by atoms with E-state index >= 15 is 0 Å². The second-order valence-electron chi connectivity index (χ2n) is 1.71. The van der Waals surface area contributed by atoms with Crippen molar-refractivity contribution in [1.29, 1.82) is 0 Å². The number of rotatable bonds is 1. The van der Waals surface area contributed by atoms with Crippen LogP contribution in [0.2, 0.25) is 0 Å². The molecule has 0 aliphatic heterocycles. The SMILES string of the molecule is Cl.NCc1ccncc1O. The number of nitrogens with zero attached hydrogens (tertiary/aromatic N) is 1. The van der Waals surface area contributed by atoms with Crippen LogP contribution in [0.3, 0.4) is 0 Å². The molecule has 1 aromatic rings. The summed E-state index contributed by atoms with van der Waals surface area (Å²) in [6, 6.07) is 1.69. The third-order valence-corrected chi connectivity index (χ3v) is 1.11. The first-order valence-electron chi connectivity index (χ1n) is 2.66. The van der Waals surface area contributed by atoms with E-state index in [9.17, 15) is 0 Å². The van der Waals surface area contributed by atoms with Crippen molar-refractivity contribution in [2.24, 2.45) is 5.73 Å². The van der Waals surface area contributed by atoms with Crippen molar-refractivity contribution in [1.82, 2.24) is 4.98 Å². The summed E-state index contributed by atoms with van der Waals surface area (Å²) in [7, 11) is 0. The first kappa shape index (κ1) is 9.20. The third kappa shape index (κ3) is 1.86. The highest BCUT2D eigenvalue weighted by Crippen LogP contribution is 2.11. The molecule has 56 valence electrons. The zero-order valence-corrected chi connectivity index (χ0v) is 6.14. The van der Waals surface area contributed by atoms with E-state index in [0.717, 1.165) is 5.56 Å². The van der Waals surface area contributed by atoms with Gasteiger partial charge in [-0.15, -0.1) is 12.4 Å². The van der Waals surface area contributed by atoms with Crippen LogP contribution in [0.1, 0.15) is 5.56 Å². The highest BCUT2D eigenvalue weighted by molar-refractivity contribution is 5.85. The maximum absolute atomic E-state index is 8.97. The van der Waals surface area contributed by atoms with Gasteiger partial charge in [0.2, 0.25) is 0 Å². The fraction of sp³-hybridized carbons (Fsp3) is 0.167. The summed E-state index contributed by atoms with van der Waals surface area (Å²) in [5.74, 6) is 0.167. The van der Waals surface area contributed by atoms with Gasteiger partial charge in [0.05, 0.1) is 6.20 Å². The largest absolute Gasteiger partial charge is 0.506 e. The van der Waals surface area contributed by atoms with E-state index in [4.69, 9.17) is 10.8 Å². The van der Waals surface area contributed by atoms with Crippen molar-refractivity contribution in [3.05, 3.63) is 24.0 Å². The molecule has 0 fully saturated rings. The van der Waals surface area contributed by atoms with Crippen LogP contribution in [0.25, 0.3) is 0 Å². The van der Waals surface area contributed by atoms with E-state index < -0.39 is 0 Å². The molecule has 0 unspecified atom stereocenters. The Balaban J connectivity index is 0.000000810. The van der Waals surface area contributed by atoms with Crippen LogP contribution in [-0.2, 0) is 6.54 Å². The summed E-state index contributed by atoms with van der Waals surface area (Å²) in [6.45, 7) is 0.356. The number of hydrogen-bond acceptors (Lipinski definition) is 3. The fourth-order valence-electron chi connectivity index (χ4n) is 0.588. The summed E-state index contributed by atoms with van der Waals surface area (Å²) in [6.07, 6.45) is 2.98. The molecular weight excluding hydrogens is 152 g/mol. The van der Waals surface area contributed by atoms with E-state index in [1.165, 1.54) is 6.20 Å². The Hall–Kier alpha value is -0.800. The normalized spacial score (nSPS) is 8.50. The van der Waals surface area contributed by atoms with Gasteiger partial charge in [-0.05, 0) is 6.07 Å². The Bertz CT molecular complexity index is 205. The topological polar surface area (TPSA) is 59.1 Å². The molecule has 0 aromatic carbocycles. The lowest BCUT2D eigenvalue weighted by atomic mass is 10.2. The molecule has 0 saturated heterocycles. The van der Waals surface area contributed by atoms with E-state index in [1.54, 1.807) is 12.3 Å². The van der Waals surface area contributed by atoms with Gasteiger partial charge in [0.1, 0.15) is 5.75 Å². The molecule has 0 radical (unpaired) electrons. The molecular formula is C6H9ClN2O. The van der Waals surface area contributed by atoms with Crippen LogP contribution in [-0.4, -0.2) is 10.1 Å². The van der Waals surface area contributed by atoms with Gasteiger partial charge in [-0.25, -0.2) is 0 Å².